The highest BCUT2D eigenvalue weighted by Crippen LogP contribution is 2.24. The molecule has 1 aromatic heterocycles. The molecule has 0 bridgehead atoms. The number of methoxy groups -OCH3 is 1. The molecule has 3 N–H and O–H groups in total. The van der Waals surface area contributed by atoms with E-state index in [0.717, 1.165) is 22.6 Å². The number of aryl methyl sites for hydroxylation is 1. The van der Waals surface area contributed by atoms with Gasteiger partial charge in [0.25, 0.3) is 0 Å². The maximum Gasteiger partial charge on any atom is 0.197 e. The number of aromatic nitrogens is 2. The number of ether oxygens (including phenoxy) is 1. The SMILES string of the molecule is COc1ccc(-c2cnc(N)[nH]2)cc1C. The van der Waals surface area contributed by atoms with E-state index in [4.69, 9.17) is 10.5 Å². The lowest BCUT2D eigenvalue weighted by Gasteiger charge is -2.05. The maximum atomic E-state index is 5.52. The lowest BCUT2D eigenvalue weighted by Crippen LogP contribution is -1.88. The molecule has 0 atom stereocenters. The number of hydrogen-bond acceptors (Lipinski definition) is 3. The van der Waals surface area contributed by atoms with Gasteiger partial charge in [0.1, 0.15) is 5.75 Å². The molecule has 2 rings (SSSR count). The topological polar surface area (TPSA) is 63.9 Å². The van der Waals surface area contributed by atoms with Gasteiger partial charge in [-0.05, 0) is 30.7 Å². The number of nitrogens with zero attached hydrogens (tertiary/aromatic N) is 1. The molecule has 0 spiro atoms. The fourth-order valence-electron chi connectivity index (χ4n) is 1.53. The van der Waals surface area contributed by atoms with Crippen LogP contribution >= 0.6 is 0 Å². The molecule has 4 nitrogen and oxygen atoms in total. The van der Waals surface area contributed by atoms with Crippen LogP contribution < -0.4 is 10.5 Å². The summed E-state index contributed by atoms with van der Waals surface area (Å²) in [5.74, 6) is 1.31. The van der Waals surface area contributed by atoms with Crippen LogP contribution in [0.4, 0.5) is 5.95 Å². The summed E-state index contributed by atoms with van der Waals surface area (Å²) in [5.41, 5.74) is 8.57. The minimum atomic E-state index is 0.429. The zero-order valence-electron chi connectivity index (χ0n) is 8.74. The van der Waals surface area contributed by atoms with E-state index in [2.05, 4.69) is 9.97 Å². The van der Waals surface area contributed by atoms with Gasteiger partial charge in [0.2, 0.25) is 0 Å². The molecule has 0 aliphatic rings. The van der Waals surface area contributed by atoms with Crippen molar-refractivity contribution in [3.8, 4) is 17.0 Å². The Morgan fingerprint density at radius 2 is 2.20 bits per heavy atom. The summed E-state index contributed by atoms with van der Waals surface area (Å²) >= 11 is 0. The Bertz CT molecular complexity index is 476. The molecule has 0 aliphatic heterocycles. The van der Waals surface area contributed by atoms with E-state index in [-0.39, 0.29) is 0 Å². The standard InChI is InChI=1S/C11H13N3O/c1-7-5-8(3-4-10(7)15-2)9-6-13-11(12)14-9/h3-6H,1-2H3,(H3,12,13,14). The zero-order valence-corrected chi connectivity index (χ0v) is 8.74. The first-order valence-electron chi connectivity index (χ1n) is 4.66. The number of nitrogen functional groups attached to an aromatic ring is 1. The van der Waals surface area contributed by atoms with Gasteiger partial charge >= 0.3 is 0 Å². The van der Waals surface area contributed by atoms with Gasteiger partial charge in [0, 0.05) is 5.56 Å². The van der Waals surface area contributed by atoms with Gasteiger partial charge in [-0.2, -0.15) is 0 Å². The van der Waals surface area contributed by atoms with Crippen molar-refractivity contribution in [1.82, 2.24) is 9.97 Å². The number of aromatic amines is 1. The molecule has 0 fully saturated rings. The van der Waals surface area contributed by atoms with Crippen LogP contribution in [0.1, 0.15) is 5.56 Å². The van der Waals surface area contributed by atoms with Crippen molar-refractivity contribution in [1.29, 1.82) is 0 Å². The van der Waals surface area contributed by atoms with E-state index in [1.54, 1.807) is 13.3 Å². The van der Waals surface area contributed by atoms with Crippen LogP contribution in [0.25, 0.3) is 11.3 Å². The van der Waals surface area contributed by atoms with Crippen molar-refractivity contribution in [3.05, 3.63) is 30.0 Å². The molecule has 2 aromatic rings. The summed E-state index contributed by atoms with van der Waals surface area (Å²) < 4.78 is 5.19. The molecule has 0 saturated carbocycles. The highest BCUT2D eigenvalue weighted by molar-refractivity contribution is 5.62. The van der Waals surface area contributed by atoms with Crippen molar-refractivity contribution in [2.24, 2.45) is 0 Å². The second kappa shape index (κ2) is 3.65. The highest BCUT2D eigenvalue weighted by Gasteiger charge is 2.04. The maximum absolute atomic E-state index is 5.52. The van der Waals surface area contributed by atoms with Gasteiger partial charge in [-0.1, -0.05) is 0 Å². The predicted molar refractivity (Wildman–Crippen MR) is 59.7 cm³/mol. The molecule has 0 saturated heterocycles. The molecular formula is C11H13N3O. The molecule has 1 heterocycles. The van der Waals surface area contributed by atoms with E-state index in [1.807, 2.05) is 25.1 Å². The number of hydrogen-bond donors (Lipinski definition) is 2. The summed E-state index contributed by atoms with van der Waals surface area (Å²) in [6, 6.07) is 5.94. The predicted octanol–water partition coefficient (Wildman–Crippen LogP) is 1.98. The lowest BCUT2D eigenvalue weighted by atomic mass is 10.1. The van der Waals surface area contributed by atoms with Crippen LogP contribution in [0.5, 0.6) is 5.75 Å². The number of H-pyrrole nitrogens is 1. The van der Waals surface area contributed by atoms with Gasteiger partial charge < -0.3 is 15.5 Å². The van der Waals surface area contributed by atoms with Crippen LogP contribution in [-0.4, -0.2) is 17.1 Å². The summed E-state index contributed by atoms with van der Waals surface area (Å²) in [6.07, 6.45) is 1.72. The van der Waals surface area contributed by atoms with Gasteiger partial charge in [0.15, 0.2) is 5.95 Å². The first kappa shape index (κ1) is 9.58. The number of benzene rings is 1. The summed E-state index contributed by atoms with van der Waals surface area (Å²) in [4.78, 5) is 6.94. The molecule has 1 aromatic carbocycles. The quantitative estimate of drug-likeness (QED) is 0.784. The average Bonchev–Trinajstić information content (AvgIpc) is 2.65. The number of anilines is 1. The lowest BCUT2D eigenvalue weighted by molar-refractivity contribution is 0.412. The van der Waals surface area contributed by atoms with Crippen LogP contribution in [0.15, 0.2) is 24.4 Å². The normalized spacial score (nSPS) is 10.3. The monoisotopic (exact) mass is 203 g/mol. The van der Waals surface area contributed by atoms with Crippen molar-refractivity contribution < 1.29 is 4.74 Å². The Hall–Kier alpha value is -1.97. The van der Waals surface area contributed by atoms with Crippen molar-refractivity contribution in [2.45, 2.75) is 6.92 Å². The van der Waals surface area contributed by atoms with E-state index in [0.29, 0.717) is 5.95 Å². The Morgan fingerprint density at radius 3 is 2.73 bits per heavy atom. The highest BCUT2D eigenvalue weighted by atomic mass is 16.5. The smallest absolute Gasteiger partial charge is 0.197 e. The Labute approximate surface area is 88.1 Å². The average molecular weight is 203 g/mol. The Balaban J connectivity index is 2.42. The van der Waals surface area contributed by atoms with Gasteiger partial charge in [0.05, 0.1) is 19.0 Å². The van der Waals surface area contributed by atoms with E-state index in [9.17, 15) is 0 Å². The van der Waals surface area contributed by atoms with Gasteiger partial charge in [-0.3, -0.25) is 0 Å². The van der Waals surface area contributed by atoms with Crippen molar-refractivity contribution in [2.75, 3.05) is 12.8 Å². The number of imidazole rings is 1. The Morgan fingerprint density at radius 1 is 1.40 bits per heavy atom. The van der Waals surface area contributed by atoms with Gasteiger partial charge in [-0.15, -0.1) is 0 Å². The molecule has 4 heteroatoms. The molecule has 15 heavy (non-hydrogen) atoms. The Kier molecular flexibility index (Phi) is 2.33. The zero-order chi connectivity index (χ0) is 10.8. The number of nitrogens with two attached hydrogens (primary N) is 1. The molecular weight excluding hydrogens is 190 g/mol. The molecule has 0 amide bonds. The van der Waals surface area contributed by atoms with Crippen LogP contribution in [0.2, 0.25) is 0 Å². The largest absolute Gasteiger partial charge is 0.496 e. The van der Waals surface area contributed by atoms with E-state index >= 15 is 0 Å². The first-order chi connectivity index (χ1) is 7.20. The molecule has 0 unspecified atom stereocenters. The third-order valence-corrected chi connectivity index (χ3v) is 2.30. The third kappa shape index (κ3) is 1.79. The van der Waals surface area contributed by atoms with Crippen molar-refractivity contribution >= 4 is 5.95 Å². The second-order valence-electron chi connectivity index (χ2n) is 3.37. The van der Waals surface area contributed by atoms with E-state index < -0.39 is 0 Å². The summed E-state index contributed by atoms with van der Waals surface area (Å²) in [6.45, 7) is 2.00. The van der Waals surface area contributed by atoms with Crippen LogP contribution in [-0.2, 0) is 0 Å². The molecule has 0 radical (unpaired) electrons. The molecule has 78 valence electrons. The summed E-state index contributed by atoms with van der Waals surface area (Å²) in [5, 5.41) is 0. The number of nitrogens with one attached hydrogen (secondary N) is 1. The van der Waals surface area contributed by atoms with Crippen LogP contribution in [0.3, 0.4) is 0 Å². The first-order valence-corrected chi connectivity index (χ1v) is 4.66. The van der Waals surface area contributed by atoms with Crippen molar-refractivity contribution in [3.63, 3.8) is 0 Å². The summed E-state index contributed by atoms with van der Waals surface area (Å²) in [7, 11) is 1.66. The van der Waals surface area contributed by atoms with E-state index in [1.165, 1.54) is 0 Å². The minimum Gasteiger partial charge on any atom is -0.496 e. The third-order valence-electron chi connectivity index (χ3n) is 2.30. The minimum absolute atomic E-state index is 0.429. The molecule has 0 aliphatic carbocycles. The number of rotatable bonds is 2. The van der Waals surface area contributed by atoms with Crippen LogP contribution in [0, 0.1) is 6.92 Å². The second-order valence-corrected chi connectivity index (χ2v) is 3.37. The fourth-order valence-corrected chi connectivity index (χ4v) is 1.53. The van der Waals surface area contributed by atoms with Gasteiger partial charge in [-0.25, -0.2) is 4.98 Å². The fraction of sp³-hybridized carbons (Fsp3) is 0.182.